The molecule has 0 aliphatic carbocycles. The molecule has 1 heterocycles. The van der Waals surface area contributed by atoms with Gasteiger partial charge in [0, 0.05) is 19.6 Å². The highest BCUT2D eigenvalue weighted by Gasteiger charge is 2.26. The van der Waals surface area contributed by atoms with E-state index in [9.17, 15) is 8.42 Å². The third kappa shape index (κ3) is 3.59. The van der Waals surface area contributed by atoms with Crippen molar-refractivity contribution in [1.82, 2.24) is 9.62 Å². The minimum atomic E-state index is -3.36. The van der Waals surface area contributed by atoms with Gasteiger partial charge in [0.1, 0.15) is 0 Å². The maximum absolute atomic E-state index is 12.8. The Kier molecular flexibility index (Phi) is 5.57. The number of hydrogen-bond donors (Lipinski definition) is 1. The van der Waals surface area contributed by atoms with Crippen molar-refractivity contribution in [3.63, 3.8) is 0 Å². The topological polar surface area (TPSA) is 49.4 Å². The number of rotatable bonds is 4. The molecular weight excluding hydrogens is 272 g/mol. The second-order valence-electron chi connectivity index (χ2n) is 5.31. The van der Waals surface area contributed by atoms with Gasteiger partial charge in [0.2, 0.25) is 10.0 Å². The van der Waals surface area contributed by atoms with E-state index in [1.54, 1.807) is 16.4 Å². The summed E-state index contributed by atoms with van der Waals surface area (Å²) >= 11 is 0. The molecule has 0 unspecified atom stereocenters. The van der Waals surface area contributed by atoms with Crippen LogP contribution < -0.4 is 5.32 Å². The van der Waals surface area contributed by atoms with Gasteiger partial charge in [0.25, 0.3) is 0 Å². The zero-order chi connectivity index (χ0) is 14.4. The Bertz CT molecular complexity index is 520. The van der Waals surface area contributed by atoms with E-state index in [4.69, 9.17) is 0 Å². The molecule has 0 amide bonds. The largest absolute Gasteiger partial charge is 0.316 e. The van der Waals surface area contributed by atoms with E-state index in [1.165, 1.54) is 6.42 Å². The van der Waals surface area contributed by atoms with E-state index in [1.807, 2.05) is 19.2 Å². The first-order valence-electron chi connectivity index (χ1n) is 7.39. The Morgan fingerprint density at radius 2 is 1.65 bits per heavy atom. The minimum absolute atomic E-state index is 0.454. The second kappa shape index (κ2) is 7.20. The molecule has 1 saturated heterocycles. The molecule has 1 N–H and O–H groups in total. The van der Waals surface area contributed by atoms with Gasteiger partial charge in [-0.1, -0.05) is 37.5 Å². The number of nitrogens with one attached hydrogen (secondary N) is 1. The SMILES string of the molecule is CNCc1ccccc1S(=O)(=O)N1CCCCCCC1. The maximum atomic E-state index is 12.8. The van der Waals surface area contributed by atoms with Crippen LogP contribution in [0, 0.1) is 0 Å². The fourth-order valence-corrected chi connectivity index (χ4v) is 4.43. The van der Waals surface area contributed by atoms with Crippen LogP contribution in [0.2, 0.25) is 0 Å². The molecule has 1 aromatic rings. The highest BCUT2D eigenvalue weighted by molar-refractivity contribution is 7.89. The Morgan fingerprint density at radius 1 is 1.05 bits per heavy atom. The van der Waals surface area contributed by atoms with Crippen molar-refractivity contribution in [1.29, 1.82) is 0 Å². The van der Waals surface area contributed by atoms with Crippen molar-refractivity contribution in [3.05, 3.63) is 29.8 Å². The van der Waals surface area contributed by atoms with Crippen LogP contribution >= 0.6 is 0 Å². The summed E-state index contributed by atoms with van der Waals surface area (Å²) in [4.78, 5) is 0.454. The number of sulfonamides is 1. The normalized spacial score (nSPS) is 18.4. The van der Waals surface area contributed by atoms with Crippen LogP contribution in [-0.4, -0.2) is 32.9 Å². The van der Waals surface area contributed by atoms with E-state index >= 15 is 0 Å². The van der Waals surface area contributed by atoms with Gasteiger partial charge < -0.3 is 5.32 Å². The van der Waals surface area contributed by atoms with Gasteiger partial charge in [-0.25, -0.2) is 8.42 Å². The molecule has 20 heavy (non-hydrogen) atoms. The van der Waals surface area contributed by atoms with Gasteiger partial charge in [-0.05, 0) is 31.5 Å². The third-order valence-electron chi connectivity index (χ3n) is 3.77. The van der Waals surface area contributed by atoms with E-state index in [0.29, 0.717) is 24.5 Å². The standard InChI is InChI=1S/C15H24N2O2S/c1-16-13-14-9-5-6-10-15(14)20(18,19)17-11-7-3-2-4-8-12-17/h5-6,9-10,16H,2-4,7-8,11-13H2,1H3. The van der Waals surface area contributed by atoms with Crippen LogP contribution in [0.5, 0.6) is 0 Å². The van der Waals surface area contributed by atoms with Gasteiger partial charge in [-0.15, -0.1) is 0 Å². The molecule has 4 nitrogen and oxygen atoms in total. The number of hydrogen-bond acceptors (Lipinski definition) is 3. The fourth-order valence-electron chi connectivity index (χ4n) is 2.69. The molecule has 112 valence electrons. The molecular formula is C15H24N2O2S. The average molecular weight is 296 g/mol. The molecule has 5 heteroatoms. The van der Waals surface area contributed by atoms with Crippen LogP contribution in [-0.2, 0) is 16.6 Å². The first-order valence-corrected chi connectivity index (χ1v) is 8.83. The van der Waals surface area contributed by atoms with Crippen molar-refractivity contribution in [2.24, 2.45) is 0 Å². The highest BCUT2D eigenvalue weighted by atomic mass is 32.2. The summed E-state index contributed by atoms with van der Waals surface area (Å²) in [6.07, 6.45) is 5.42. The van der Waals surface area contributed by atoms with Gasteiger partial charge in [-0.3, -0.25) is 0 Å². The lowest BCUT2D eigenvalue weighted by molar-refractivity contribution is 0.364. The van der Waals surface area contributed by atoms with Crippen molar-refractivity contribution in [3.8, 4) is 0 Å². The Hall–Kier alpha value is -0.910. The van der Waals surface area contributed by atoms with Gasteiger partial charge in [0.15, 0.2) is 0 Å². The van der Waals surface area contributed by atoms with Crippen LogP contribution in [0.15, 0.2) is 29.2 Å². The summed E-state index contributed by atoms with van der Waals surface area (Å²) in [5.74, 6) is 0. The Morgan fingerprint density at radius 3 is 2.30 bits per heavy atom. The monoisotopic (exact) mass is 296 g/mol. The van der Waals surface area contributed by atoms with Crippen LogP contribution in [0.1, 0.15) is 37.7 Å². The third-order valence-corrected chi connectivity index (χ3v) is 5.77. The minimum Gasteiger partial charge on any atom is -0.316 e. The zero-order valence-electron chi connectivity index (χ0n) is 12.1. The summed E-state index contributed by atoms with van der Waals surface area (Å²) in [5.41, 5.74) is 0.844. The summed E-state index contributed by atoms with van der Waals surface area (Å²) in [5, 5.41) is 3.04. The number of benzene rings is 1. The predicted octanol–water partition coefficient (Wildman–Crippen LogP) is 2.36. The summed E-state index contributed by atoms with van der Waals surface area (Å²) in [7, 11) is -1.53. The Balaban J connectivity index is 2.28. The summed E-state index contributed by atoms with van der Waals surface area (Å²) in [6.45, 7) is 1.87. The smallest absolute Gasteiger partial charge is 0.243 e. The van der Waals surface area contributed by atoms with Crippen molar-refractivity contribution in [2.45, 2.75) is 43.5 Å². The highest BCUT2D eigenvalue weighted by Crippen LogP contribution is 2.23. The zero-order valence-corrected chi connectivity index (χ0v) is 13.0. The number of nitrogens with zero attached hydrogens (tertiary/aromatic N) is 1. The molecule has 2 rings (SSSR count). The van der Waals surface area contributed by atoms with Gasteiger partial charge in [-0.2, -0.15) is 4.31 Å². The molecule has 0 atom stereocenters. The first kappa shape index (κ1) is 15.5. The predicted molar refractivity (Wildman–Crippen MR) is 81.0 cm³/mol. The first-order chi connectivity index (χ1) is 9.66. The van der Waals surface area contributed by atoms with Crippen LogP contribution in [0.25, 0.3) is 0 Å². The maximum Gasteiger partial charge on any atom is 0.243 e. The lowest BCUT2D eigenvalue weighted by atomic mass is 10.1. The van der Waals surface area contributed by atoms with Crippen molar-refractivity contribution < 1.29 is 8.42 Å². The fraction of sp³-hybridized carbons (Fsp3) is 0.600. The van der Waals surface area contributed by atoms with Crippen LogP contribution in [0.4, 0.5) is 0 Å². The molecule has 0 saturated carbocycles. The van der Waals surface area contributed by atoms with Crippen LogP contribution in [0.3, 0.4) is 0 Å². The quantitative estimate of drug-likeness (QED) is 0.928. The second-order valence-corrected chi connectivity index (χ2v) is 7.22. The molecule has 0 bridgehead atoms. The lowest BCUT2D eigenvalue weighted by Crippen LogP contribution is -2.34. The molecule has 1 aromatic carbocycles. The molecule has 0 spiro atoms. The van der Waals surface area contributed by atoms with E-state index in [2.05, 4.69) is 5.32 Å². The summed E-state index contributed by atoms with van der Waals surface area (Å²) in [6, 6.07) is 7.30. The van der Waals surface area contributed by atoms with E-state index in [-0.39, 0.29) is 0 Å². The molecule has 0 aromatic heterocycles. The van der Waals surface area contributed by atoms with Gasteiger partial charge >= 0.3 is 0 Å². The Labute approximate surface area is 122 Å². The molecule has 1 aliphatic heterocycles. The molecule has 1 aliphatic rings. The summed E-state index contributed by atoms with van der Waals surface area (Å²) < 4.78 is 27.4. The molecule has 1 fully saturated rings. The molecule has 0 radical (unpaired) electrons. The lowest BCUT2D eigenvalue weighted by Gasteiger charge is -2.25. The average Bonchev–Trinajstić information content (AvgIpc) is 2.38. The van der Waals surface area contributed by atoms with E-state index < -0.39 is 10.0 Å². The van der Waals surface area contributed by atoms with Gasteiger partial charge in [0.05, 0.1) is 4.90 Å². The van der Waals surface area contributed by atoms with Crippen molar-refractivity contribution >= 4 is 10.0 Å². The van der Waals surface area contributed by atoms with E-state index in [0.717, 1.165) is 31.2 Å². The van der Waals surface area contributed by atoms with Crippen molar-refractivity contribution in [2.75, 3.05) is 20.1 Å².